The number of rotatable bonds is 13. The molecule has 0 aromatic heterocycles. The van der Waals surface area contributed by atoms with Crippen molar-refractivity contribution in [2.45, 2.75) is 39.0 Å². The number of carboxylic acids is 1. The molecule has 1 atom stereocenters. The Morgan fingerprint density at radius 1 is 1.30 bits per heavy atom. The zero-order valence-electron chi connectivity index (χ0n) is 12.5. The van der Waals surface area contributed by atoms with Crippen molar-refractivity contribution in [1.82, 2.24) is 5.32 Å². The molecular formula is C14H27NO4S. The summed E-state index contributed by atoms with van der Waals surface area (Å²) in [6.07, 6.45) is 3.83. The SMILES string of the molecule is CCCC(CCNC(=O)CSCCOC)CCC(=O)O. The van der Waals surface area contributed by atoms with Gasteiger partial charge in [-0.1, -0.05) is 19.8 Å². The van der Waals surface area contributed by atoms with Crippen LogP contribution in [0.15, 0.2) is 0 Å². The number of ether oxygens (including phenoxy) is 1. The van der Waals surface area contributed by atoms with Crippen molar-refractivity contribution < 1.29 is 19.4 Å². The predicted octanol–water partition coefficient (Wildman–Crippen LogP) is 2.15. The fourth-order valence-corrected chi connectivity index (χ4v) is 2.66. The summed E-state index contributed by atoms with van der Waals surface area (Å²) in [5, 5.41) is 11.6. The number of hydrogen-bond donors (Lipinski definition) is 2. The second-order valence-electron chi connectivity index (χ2n) is 4.77. The second kappa shape index (κ2) is 13.2. The minimum atomic E-state index is -0.746. The van der Waals surface area contributed by atoms with E-state index in [-0.39, 0.29) is 12.3 Å². The molecule has 0 aromatic carbocycles. The standard InChI is InChI=1S/C14H27NO4S/c1-3-4-12(5-6-14(17)18)7-8-15-13(16)11-20-10-9-19-2/h12H,3-11H2,1-2H3,(H,15,16)(H,17,18). The van der Waals surface area contributed by atoms with Crippen LogP contribution in [0.2, 0.25) is 0 Å². The van der Waals surface area contributed by atoms with Gasteiger partial charge in [-0.25, -0.2) is 0 Å². The maximum atomic E-state index is 11.5. The van der Waals surface area contributed by atoms with E-state index in [1.165, 1.54) is 0 Å². The van der Waals surface area contributed by atoms with Crippen molar-refractivity contribution in [3.8, 4) is 0 Å². The molecule has 0 aromatic rings. The van der Waals surface area contributed by atoms with Crippen molar-refractivity contribution in [2.24, 2.45) is 5.92 Å². The average molecular weight is 305 g/mol. The lowest BCUT2D eigenvalue weighted by Crippen LogP contribution is -2.27. The maximum absolute atomic E-state index is 11.5. The average Bonchev–Trinajstić information content (AvgIpc) is 2.41. The quantitative estimate of drug-likeness (QED) is 0.510. The van der Waals surface area contributed by atoms with Crippen molar-refractivity contribution in [1.29, 1.82) is 0 Å². The minimum Gasteiger partial charge on any atom is -0.481 e. The number of nitrogens with one attached hydrogen (secondary N) is 1. The van der Waals surface area contributed by atoms with Crippen LogP contribution >= 0.6 is 11.8 Å². The largest absolute Gasteiger partial charge is 0.481 e. The summed E-state index contributed by atoms with van der Waals surface area (Å²) in [6.45, 7) is 3.39. The molecule has 20 heavy (non-hydrogen) atoms. The van der Waals surface area contributed by atoms with Gasteiger partial charge in [-0.2, -0.15) is 0 Å². The first-order valence-corrected chi connectivity index (χ1v) is 8.30. The third-order valence-corrected chi connectivity index (χ3v) is 3.92. The van der Waals surface area contributed by atoms with Crippen molar-refractivity contribution in [2.75, 3.05) is 31.8 Å². The molecule has 0 aliphatic heterocycles. The Kier molecular flexibility index (Phi) is 12.7. The number of thioether (sulfide) groups is 1. The van der Waals surface area contributed by atoms with Crippen LogP contribution < -0.4 is 5.32 Å². The number of carbonyl (C=O) groups excluding carboxylic acids is 1. The molecule has 6 heteroatoms. The molecule has 5 nitrogen and oxygen atoms in total. The van der Waals surface area contributed by atoms with E-state index >= 15 is 0 Å². The molecule has 0 fully saturated rings. The van der Waals surface area contributed by atoms with Crippen molar-refractivity contribution >= 4 is 23.6 Å². The van der Waals surface area contributed by atoms with Crippen LogP contribution in [0.25, 0.3) is 0 Å². The summed E-state index contributed by atoms with van der Waals surface area (Å²) < 4.78 is 4.91. The van der Waals surface area contributed by atoms with Gasteiger partial charge in [0.05, 0.1) is 12.4 Å². The van der Waals surface area contributed by atoms with E-state index in [4.69, 9.17) is 9.84 Å². The molecule has 0 aliphatic carbocycles. The summed E-state index contributed by atoms with van der Waals surface area (Å²) in [5.74, 6) is 0.958. The molecule has 0 bridgehead atoms. The smallest absolute Gasteiger partial charge is 0.303 e. The van der Waals surface area contributed by atoms with E-state index in [1.54, 1.807) is 18.9 Å². The Balaban J connectivity index is 3.69. The zero-order chi connectivity index (χ0) is 15.2. The Morgan fingerprint density at radius 3 is 2.65 bits per heavy atom. The van der Waals surface area contributed by atoms with Gasteiger partial charge < -0.3 is 15.2 Å². The van der Waals surface area contributed by atoms with Crippen LogP contribution in [0.4, 0.5) is 0 Å². The molecule has 0 spiro atoms. The molecule has 0 heterocycles. The molecule has 0 aliphatic rings. The normalized spacial score (nSPS) is 12.1. The fraction of sp³-hybridized carbons (Fsp3) is 0.857. The van der Waals surface area contributed by atoms with E-state index in [0.29, 0.717) is 31.2 Å². The van der Waals surface area contributed by atoms with Gasteiger partial charge >= 0.3 is 5.97 Å². The van der Waals surface area contributed by atoms with Crippen LogP contribution in [-0.2, 0) is 14.3 Å². The van der Waals surface area contributed by atoms with Gasteiger partial charge in [-0.3, -0.25) is 9.59 Å². The van der Waals surface area contributed by atoms with Gasteiger partial charge in [0.25, 0.3) is 0 Å². The third-order valence-electron chi connectivity index (χ3n) is 3.00. The highest BCUT2D eigenvalue weighted by Gasteiger charge is 2.10. The molecular weight excluding hydrogens is 278 g/mol. The summed E-state index contributed by atoms with van der Waals surface area (Å²) in [4.78, 5) is 22.1. The highest BCUT2D eigenvalue weighted by atomic mass is 32.2. The van der Waals surface area contributed by atoms with E-state index in [9.17, 15) is 9.59 Å². The molecule has 0 saturated carbocycles. The molecule has 1 unspecified atom stereocenters. The highest BCUT2D eigenvalue weighted by molar-refractivity contribution is 7.99. The van der Waals surface area contributed by atoms with E-state index in [0.717, 1.165) is 25.0 Å². The Labute approximate surface area is 125 Å². The van der Waals surface area contributed by atoms with Gasteiger partial charge in [0, 0.05) is 25.8 Å². The number of amides is 1. The van der Waals surface area contributed by atoms with Crippen molar-refractivity contribution in [3.63, 3.8) is 0 Å². The first-order chi connectivity index (χ1) is 9.60. The Bertz CT molecular complexity index is 274. The lowest BCUT2D eigenvalue weighted by Gasteiger charge is -2.15. The van der Waals surface area contributed by atoms with Gasteiger partial charge in [-0.05, 0) is 18.8 Å². The van der Waals surface area contributed by atoms with Crippen LogP contribution in [0.5, 0.6) is 0 Å². The molecule has 2 N–H and O–H groups in total. The first-order valence-electron chi connectivity index (χ1n) is 7.15. The number of hydrogen-bond acceptors (Lipinski definition) is 4. The fourth-order valence-electron chi connectivity index (χ4n) is 1.94. The van der Waals surface area contributed by atoms with Gasteiger partial charge in [0.1, 0.15) is 0 Å². The minimum absolute atomic E-state index is 0.0413. The number of carboxylic acid groups (broad SMARTS) is 1. The molecule has 0 saturated heterocycles. The monoisotopic (exact) mass is 305 g/mol. The molecule has 1 amide bonds. The predicted molar refractivity (Wildman–Crippen MR) is 82.1 cm³/mol. The van der Waals surface area contributed by atoms with Crippen LogP contribution in [0.1, 0.15) is 39.0 Å². The van der Waals surface area contributed by atoms with Crippen LogP contribution in [-0.4, -0.2) is 48.8 Å². The summed E-state index contributed by atoms with van der Waals surface area (Å²) >= 11 is 1.55. The first kappa shape index (κ1) is 19.2. The Morgan fingerprint density at radius 2 is 2.05 bits per heavy atom. The van der Waals surface area contributed by atoms with Crippen LogP contribution in [0, 0.1) is 5.92 Å². The molecule has 0 radical (unpaired) electrons. The lowest BCUT2D eigenvalue weighted by molar-refractivity contribution is -0.137. The zero-order valence-corrected chi connectivity index (χ0v) is 13.3. The third kappa shape index (κ3) is 12.3. The Hall–Kier alpha value is -0.750. The van der Waals surface area contributed by atoms with Gasteiger partial charge in [-0.15, -0.1) is 11.8 Å². The number of methoxy groups -OCH3 is 1. The number of aliphatic carboxylic acids is 1. The van der Waals surface area contributed by atoms with E-state index < -0.39 is 5.97 Å². The van der Waals surface area contributed by atoms with Crippen LogP contribution in [0.3, 0.4) is 0 Å². The highest BCUT2D eigenvalue weighted by Crippen LogP contribution is 2.17. The second-order valence-corrected chi connectivity index (χ2v) is 5.88. The van der Waals surface area contributed by atoms with Gasteiger partial charge in [0.2, 0.25) is 5.91 Å². The summed E-state index contributed by atoms with van der Waals surface area (Å²) in [7, 11) is 1.64. The molecule has 0 rings (SSSR count). The lowest BCUT2D eigenvalue weighted by atomic mass is 9.94. The summed E-state index contributed by atoms with van der Waals surface area (Å²) in [6, 6.07) is 0. The number of carbonyl (C=O) groups is 2. The van der Waals surface area contributed by atoms with E-state index in [2.05, 4.69) is 12.2 Å². The van der Waals surface area contributed by atoms with Gasteiger partial charge in [0.15, 0.2) is 0 Å². The summed E-state index contributed by atoms with van der Waals surface area (Å²) in [5.41, 5.74) is 0. The topological polar surface area (TPSA) is 75.6 Å². The molecule has 118 valence electrons. The van der Waals surface area contributed by atoms with Crippen molar-refractivity contribution in [3.05, 3.63) is 0 Å². The maximum Gasteiger partial charge on any atom is 0.303 e. The van der Waals surface area contributed by atoms with E-state index in [1.807, 2.05) is 0 Å².